The van der Waals surface area contributed by atoms with Crippen molar-refractivity contribution in [1.29, 1.82) is 0 Å². The number of ether oxygens (including phenoxy) is 1. The zero-order valence-electron chi connectivity index (χ0n) is 16.0. The summed E-state index contributed by atoms with van der Waals surface area (Å²) in [5, 5.41) is 15.2. The van der Waals surface area contributed by atoms with Gasteiger partial charge in [0.25, 0.3) is 5.88 Å². The number of aromatic nitrogens is 1. The van der Waals surface area contributed by atoms with Gasteiger partial charge in [0.1, 0.15) is 12.2 Å². The molecule has 1 aromatic carbocycles. The number of hydrogen-bond donors (Lipinski definition) is 1. The summed E-state index contributed by atoms with van der Waals surface area (Å²) >= 11 is 0. The topological polar surface area (TPSA) is 92.9 Å². The van der Waals surface area contributed by atoms with Crippen LogP contribution in [0.25, 0.3) is 0 Å². The molecule has 0 fully saturated rings. The van der Waals surface area contributed by atoms with Gasteiger partial charge in [0, 0.05) is 5.92 Å². The smallest absolute Gasteiger partial charge is 0.265 e. The number of hydrogen-bond acceptors (Lipinski definition) is 7. The van der Waals surface area contributed by atoms with Gasteiger partial charge in [0.2, 0.25) is 5.78 Å². The maximum Gasteiger partial charge on any atom is 0.265 e. The Balaban J connectivity index is 1.77. The Morgan fingerprint density at radius 1 is 1.29 bits per heavy atom. The number of rotatable bonds is 4. The van der Waals surface area contributed by atoms with Gasteiger partial charge in [-0.1, -0.05) is 35.9 Å². The lowest BCUT2D eigenvalue weighted by molar-refractivity contribution is -0.137. The molecule has 0 aliphatic heterocycles. The van der Waals surface area contributed by atoms with Crippen LogP contribution in [0, 0.1) is 5.92 Å². The Hall–Kier alpha value is -2.77. The molecule has 0 unspecified atom stereocenters. The van der Waals surface area contributed by atoms with Crippen molar-refractivity contribution in [3.8, 4) is 5.88 Å². The summed E-state index contributed by atoms with van der Waals surface area (Å²) in [6, 6.07) is 8.95. The van der Waals surface area contributed by atoms with E-state index in [1.807, 2.05) is 56.3 Å². The van der Waals surface area contributed by atoms with Crippen LogP contribution >= 0.6 is 0 Å². The van der Waals surface area contributed by atoms with E-state index in [4.69, 9.17) is 9.26 Å². The molecule has 0 bridgehead atoms. The summed E-state index contributed by atoms with van der Waals surface area (Å²) in [7, 11) is 3.63. The molecule has 0 saturated heterocycles. The van der Waals surface area contributed by atoms with Crippen molar-refractivity contribution in [3.63, 3.8) is 0 Å². The maximum absolute atomic E-state index is 13.3. The number of ketones is 2. The number of carbonyl (C=O) groups excluding carboxylic acids is 2. The predicted molar refractivity (Wildman–Crippen MR) is 99.9 cm³/mol. The molecule has 2 aliphatic rings. The lowest BCUT2D eigenvalue weighted by atomic mass is 9.64. The van der Waals surface area contributed by atoms with Crippen molar-refractivity contribution in [1.82, 2.24) is 10.1 Å². The zero-order valence-corrected chi connectivity index (χ0v) is 16.0. The Bertz CT molecular complexity index is 962. The van der Waals surface area contributed by atoms with Gasteiger partial charge in [0.05, 0.1) is 6.04 Å². The molecular weight excluding hydrogens is 360 g/mol. The lowest BCUT2D eigenvalue weighted by Gasteiger charge is -2.44. The molecule has 3 atom stereocenters. The summed E-state index contributed by atoms with van der Waals surface area (Å²) in [4.78, 5) is 27.8. The molecule has 2 aliphatic carbocycles. The van der Waals surface area contributed by atoms with E-state index in [2.05, 4.69) is 5.16 Å². The molecule has 0 saturated carbocycles. The highest BCUT2D eigenvalue weighted by Gasteiger charge is 2.61. The predicted octanol–water partition coefficient (Wildman–Crippen LogP) is 2.32. The van der Waals surface area contributed by atoms with Crippen molar-refractivity contribution < 1.29 is 24.0 Å². The number of carbonyl (C=O) groups is 2. The van der Waals surface area contributed by atoms with Gasteiger partial charge in [-0.25, -0.2) is 0 Å². The minimum atomic E-state index is -2.14. The monoisotopic (exact) mass is 382 g/mol. The van der Waals surface area contributed by atoms with Crippen LogP contribution in [0.1, 0.15) is 41.1 Å². The lowest BCUT2D eigenvalue weighted by Crippen LogP contribution is -2.60. The van der Waals surface area contributed by atoms with Crippen LogP contribution in [0.5, 0.6) is 5.88 Å². The number of Topliss-reactive ketones (excluding diaryl/α,β-unsaturated/α-hetero) is 1. The average molecular weight is 382 g/mol. The van der Waals surface area contributed by atoms with Crippen molar-refractivity contribution in [2.24, 2.45) is 5.92 Å². The van der Waals surface area contributed by atoms with Gasteiger partial charge in [-0.3, -0.25) is 14.5 Å². The number of allylic oxidation sites excluding steroid dienone is 1. The second-order valence-electron chi connectivity index (χ2n) is 7.67. The quantitative estimate of drug-likeness (QED) is 0.811. The Labute approximate surface area is 162 Å². The molecule has 7 nitrogen and oxygen atoms in total. The van der Waals surface area contributed by atoms with E-state index in [-0.39, 0.29) is 18.1 Å². The Kier molecular flexibility index (Phi) is 4.44. The molecular formula is C21H22N2O5. The first-order valence-corrected chi connectivity index (χ1v) is 9.15. The first-order chi connectivity index (χ1) is 13.3. The SMILES string of the molecule is CC1=CC(=O)[C@]2(O)C(=O)c3c(OCc4ccccc4)noc3[C@@H](N(C)C)[C@@H]2C1. The van der Waals surface area contributed by atoms with E-state index >= 15 is 0 Å². The second-order valence-corrected chi connectivity index (χ2v) is 7.67. The summed E-state index contributed by atoms with van der Waals surface area (Å²) in [6.45, 7) is 2.01. The van der Waals surface area contributed by atoms with E-state index in [0.717, 1.165) is 11.1 Å². The fourth-order valence-corrected chi connectivity index (χ4v) is 4.18. The number of nitrogens with zero attached hydrogens (tertiary/aromatic N) is 2. The van der Waals surface area contributed by atoms with E-state index in [1.165, 1.54) is 6.08 Å². The largest absolute Gasteiger partial charge is 0.470 e. The maximum atomic E-state index is 13.3. The molecule has 146 valence electrons. The molecule has 1 heterocycles. The Morgan fingerprint density at radius 2 is 2.00 bits per heavy atom. The first kappa shape index (κ1) is 18.6. The number of benzene rings is 1. The third-order valence-electron chi connectivity index (χ3n) is 5.52. The standard InChI is InChI=1S/C21H22N2O5/c1-12-9-14-17(23(2)3)18-16(19(25)21(14,26)15(24)10-12)20(22-28-18)27-11-13-7-5-4-6-8-13/h4-8,10,14,17,26H,9,11H2,1-3H3/t14-,17-,21-/m0/s1. The minimum Gasteiger partial charge on any atom is -0.470 e. The van der Waals surface area contributed by atoms with Crippen LogP contribution in [0.2, 0.25) is 0 Å². The van der Waals surface area contributed by atoms with Gasteiger partial charge in [-0.15, -0.1) is 0 Å². The van der Waals surface area contributed by atoms with Crippen molar-refractivity contribution in [2.45, 2.75) is 31.6 Å². The third-order valence-corrected chi connectivity index (χ3v) is 5.52. The molecule has 0 amide bonds. The Morgan fingerprint density at radius 3 is 2.68 bits per heavy atom. The average Bonchev–Trinajstić information content (AvgIpc) is 3.07. The molecule has 2 aromatic rings. The highest BCUT2D eigenvalue weighted by Crippen LogP contribution is 2.50. The van der Waals surface area contributed by atoms with Crippen LogP contribution in [0.4, 0.5) is 0 Å². The zero-order chi connectivity index (χ0) is 20.1. The van der Waals surface area contributed by atoms with Gasteiger partial charge in [-0.2, -0.15) is 0 Å². The minimum absolute atomic E-state index is 0.00153. The van der Waals surface area contributed by atoms with Gasteiger partial charge >= 0.3 is 0 Å². The van der Waals surface area contributed by atoms with Gasteiger partial charge in [0.15, 0.2) is 17.1 Å². The van der Waals surface area contributed by atoms with Gasteiger partial charge < -0.3 is 14.4 Å². The number of fused-ring (bicyclic) bond motifs is 2. The molecule has 1 N–H and O–H groups in total. The summed E-state index contributed by atoms with van der Waals surface area (Å²) in [5.41, 5.74) is -0.370. The summed E-state index contributed by atoms with van der Waals surface area (Å²) in [6.07, 6.45) is 1.77. The van der Waals surface area contributed by atoms with Crippen molar-refractivity contribution in [3.05, 3.63) is 58.9 Å². The van der Waals surface area contributed by atoms with Crippen LogP contribution < -0.4 is 4.74 Å². The van der Waals surface area contributed by atoms with E-state index < -0.39 is 29.1 Å². The third kappa shape index (κ3) is 2.70. The van der Waals surface area contributed by atoms with Crippen LogP contribution in [-0.4, -0.2) is 46.4 Å². The highest BCUT2D eigenvalue weighted by molar-refractivity contribution is 6.23. The van der Waals surface area contributed by atoms with Crippen molar-refractivity contribution in [2.75, 3.05) is 14.1 Å². The molecule has 0 spiro atoms. The molecule has 4 rings (SSSR count). The van der Waals surface area contributed by atoms with Crippen LogP contribution in [0.3, 0.4) is 0 Å². The first-order valence-electron chi connectivity index (χ1n) is 9.15. The van der Waals surface area contributed by atoms with Crippen molar-refractivity contribution >= 4 is 11.6 Å². The van der Waals surface area contributed by atoms with E-state index in [9.17, 15) is 14.7 Å². The molecule has 0 radical (unpaired) electrons. The fourth-order valence-electron chi connectivity index (χ4n) is 4.18. The fraction of sp³-hybridized carbons (Fsp3) is 0.381. The van der Waals surface area contributed by atoms with Gasteiger partial charge in [-0.05, 0) is 44.2 Å². The second kappa shape index (κ2) is 6.68. The molecule has 7 heteroatoms. The molecule has 1 aromatic heterocycles. The number of aliphatic hydroxyl groups is 1. The van der Waals surface area contributed by atoms with Crippen LogP contribution in [0.15, 0.2) is 46.5 Å². The summed E-state index contributed by atoms with van der Waals surface area (Å²) < 4.78 is 11.2. The normalized spacial score (nSPS) is 26.7. The summed E-state index contributed by atoms with van der Waals surface area (Å²) in [5.74, 6) is -1.62. The van der Waals surface area contributed by atoms with E-state index in [0.29, 0.717) is 12.2 Å². The molecule has 28 heavy (non-hydrogen) atoms. The van der Waals surface area contributed by atoms with E-state index in [1.54, 1.807) is 0 Å². The highest BCUT2D eigenvalue weighted by atomic mass is 16.5. The van der Waals surface area contributed by atoms with Crippen LogP contribution in [-0.2, 0) is 11.4 Å².